The lowest BCUT2D eigenvalue weighted by Crippen LogP contribution is -2.52. The summed E-state index contributed by atoms with van der Waals surface area (Å²) >= 11 is 0. The molecule has 1 unspecified atom stereocenters. The number of aliphatic hydroxyl groups is 1. The molecule has 4 nitrogen and oxygen atoms in total. The maximum atomic E-state index is 12.7. The monoisotopic (exact) mass is 262 g/mol. The highest BCUT2D eigenvalue weighted by molar-refractivity contribution is 7.87. The standard InChI is InChI=1S/C4H4F6O4S/c5-2(4(9,10)11,15(12,13)14)1-3(6,7)8/h11H,1H2,(H,12,13,14). The van der Waals surface area contributed by atoms with Gasteiger partial charge >= 0.3 is 27.4 Å². The van der Waals surface area contributed by atoms with E-state index < -0.39 is 33.8 Å². The zero-order valence-electron chi connectivity index (χ0n) is 6.59. The van der Waals surface area contributed by atoms with Crippen molar-refractivity contribution >= 4 is 10.1 Å². The molecule has 0 aromatic rings. The molecule has 2 N–H and O–H groups in total. The van der Waals surface area contributed by atoms with Crippen LogP contribution in [0, 0.1) is 0 Å². The molecule has 0 aliphatic rings. The molecule has 11 heteroatoms. The molecule has 15 heavy (non-hydrogen) atoms. The second-order valence-electron chi connectivity index (χ2n) is 2.54. The van der Waals surface area contributed by atoms with Crippen molar-refractivity contribution in [1.82, 2.24) is 0 Å². The Balaban J connectivity index is 5.46. The van der Waals surface area contributed by atoms with Crippen LogP contribution in [0.2, 0.25) is 0 Å². The van der Waals surface area contributed by atoms with E-state index in [9.17, 15) is 34.8 Å². The van der Waals surface area contributed by atoms with Crippen molar-refractivity contribution in [3.8, 4) is 0 Å². The highest BCUT2D eigenvalue weighted by Crippen LogP contribution is 2.42. The maximum absolute atomic E-state index is 12.7. The van der Waals surface area contributed by atoms with Gasteiger partial charge in [-0.2, -0.15) is 30.4 Å². The van der Waals surface area contributed by atoms with Crippen LogP contribution in [0.5, 0.6) is 0 Å². The van der Waals surface area contributed by atoms with Gasteiger partial charge in [0, 0.05) is 0 Å². The molecule has 92 valence electrons. The smallest absolute Gasteiger partial charge is 0.333 e. The van der Waals surface area contributed by atoms with Crippen LogP contribution in [0.25, 0.3) is 0 Å². The molecule has 0 saturated carbocycles. The van der Waals surface area contributed by atoms with Crippen molar-refractivity contribution in [2.45, 2.75) is 23.7 Å². The zero-order chi connectivity index (χ0) is 12.7. The second kappa shape index (κ2) is 3.49. The molecule has 0 fully saturated rings. The Kier molecular flexibility index (Phi) is 3.36. The van der Waals surface area contributed by atoms with Gasteiger partial charge in [0.05, 0.1) is 0 Å². The van der Waals surface area contributed by atoms with Crippen molar-refractivity contribution < 1.29 is 44.4 Å². The minimum atomic E-state index is -6.44. The van der Waals surface area contributed by atoms with E-state index in [2.05, 4.69) is 0 Å². The highest BCUT2D eigenvalue weighted by atomic mass is 32.2. The molecule has 0 aromatic carbocycles. The van der Waals surface area contributed by atoms with Crippen LogP contribution in [-0.2, 0) is 10.1 Å². The van der Waals surface area contributed by atoms with Crippen LogP contribution in [0.4, 0.5) is 26.3 Å². The number of halogens is 6. The lowest BCUT2D eigenvalue weighted by molar-refractivity contribution is -0.280. The predicted octanol–water partition coefficient (Wildman–Crippen LogP) is 1.08. The van der Waals surface area contributed by atoms with Crippen LogP contribution in [0.15, 0.2) is 0 Å². The summed E-state index contributed by atoms with van der Waals surface area (Å²) in [5.74, 6) is 0. The number of hydrogen-bond acceptors (Lipinski definition) is 3. The molecule has 0 aliphatic carbocycles. The number of hydrogen-bond donors (Lipinski definition) is 2. The Bertz CT molecular complexity index is 328. The third kappa shape index (κ3) is 3.21. The fraction of sp³-hybridized carbons (Fsp3) is 1.00. The van der Waals surface area contributed by atoms with E-state index in [-0.39, 0.29) is 0 Å². The van der Waals surface area contributed by atoms with Crippen LogP contribution in [-0.4, -0.2) is 35.4 Å². The van der Waals surface area contributed by atoms with Gasteiger partial charge in [0.15, 0.2) is 0 Å². The predicted molar refractivity (Wildman–Crippen MR) is 33.2 cm³/mol. The van der Waals surface area contributed by atoms with Gasteiger partial charge in [-0.15, -0.1) is 0 Å². The van der Waals surface area contributed by atoms with Crippen molar-refractivity contribution in [1.29, 1.82) is 0 Å². The first-order valence-corrected chi connectivity index (χ1v) is 4.47. The molecule has 0 bridgehead atoms. The van der Waals surface area contributed by atoms with E-state index in [4.69, 9.17) is 9.66 Å². The van der Waals surface area contributed by atoms with Crippen molar-refractivity contribution in [3.63, 3.8) is 0 Å². The van der Waals surface area contributed by atoms with Gasteiger partial charge in [-0.05, 0) is 0 Å². The molecule has 0 aliphatic heterocycles. The summed E-state index contributed by atoms with van der Waals surface area (Å²) in [4.78, 5) is 0. The highest BCUT2D eigenvalue weighted by Gasteiger charge is 2.67. The first kappa shape index (κ1) is 14.5. The third-order valence-corrected chi connectivity index (χ3v) is 2.49. The van der Waals surface area contributed by atoms with E-state index in [0.29, 0.717) is 0 Å². The summed E-state index contributed by atoms with van der Waals surface area (Å²) in [6.45, 7) is 0. The van der Waals surface area contributed by atoms with E-state index in [1.54, 1.807) is 0 Å². The minimum Gasteiger partial charge on any atom is -0.333 e. The molecular formula is C4H4F6O4S. The van der Waals surface area contributed by atoms with Gasteiger partial charge in [-0.25, -0.2) is 4.39 Å². The average Bonchev–Trinajstić information content (AvgIpc) is 1.77. The van der Waals surface area contributed by atoms with Gasteiger partial charge in [-0.1, -0.05) is 0 Å². The largest absolute Gasteiger partial charge is 0.404 e. The summed E-state index contributed by atoms with van der Waals surface area (Å²) in [6.07, 6.45) is -14.8. The Morgan fingerprint density at radius 1 is 1.00 bits per heavy atom. The molecular weight excluding hydrogens is 258 g/mol. The quantitative estimate of drug-likeness (QED) is 0.589. The van der Waals surface area contributed by atoms with Crippen molar-refractivity contribution in [2.75, 3.05) is 0 Å². The molecule has 0 amide bonds. The first-order valence-electron chi connectivity index (χ1n) is 3.03. The van der Waals surface area contributed by atoms with Crippen LogP contribution in [0.1, 0.15) is 6.42 Å². The fourth-order valence-corrected chi connectivity index (χ4v) is 1.27. The summed E-state index contributed by atoms with van der Waals surface area (Å²) in [5, 5.41) is 2.17. The van der Waals surface area contributed by atoms with Gasteiger partial charge in [0.25, 0.3) is 0 Å². The SMILES string of the molecule is O=S(=O)(O)C(F)(CC(F)(F)F)C(O)(F)F. The lowest BCUT2D eigenvalue weighted by Gasteiger charge is -2.26. The zero-order valence-corrected chi connectivity index (χ0v) is 7.41. The Labute approximate surface area is 79.3 Å². The normalized spacial score (nSPS) is 18.7. The fourth-order valence-electron chi connectivity index (χ4n) is 0.611. The Morgan fingerprint density at radius 3 is 1.40 bits per heavy atom. The van der Waals surface area contributed by atoms with Gasteiger partial charge in [0.1, 0.15) is 6.42 Å². The molecule has 0 spiro atoms. The Hall–Kier alpha value is -0.550. The number of rotatable bonds is 3. The summed E-state index contributed by atoms with van der Waals surface area (Å²) in [5.41, 5.74) is 0. The minimum absolute atomic E-state index is 3.23. The van der Waals surface area contributed by atoms with E-state index in [1.165, 1.54) is 0 Å². The summed E-state index contributed by atoms with van der Waals surface area (Å²) < 4.78 is 99.2. The van der Waals surface area contributed by atoms with Gasteiger partial charge in [-0.3, -0.25) is 4.55 Å². The molecule has 0 radical (unpaired) electrons. The summed E-state index contributed by atoms with van der Waals surface area (Å²) in [6, 6.07) is 0. The molecule has 0 rings (SSSR count). The van der Waals surface area contributed by atoms with Crippen LogP contribution in [0.3, 0.4) is 0 Å². The topological polar surface area (TPSA) is 74.6 Å². The van der Waals surface area contributed by atoms with Crippen molar-refractivity contribution in [2.24, 2.45) is 0 Å². The van der Waals surface area contributed by atoms with E-state index >= 15 is 0 Å². The van der Waals surface area contributed by atoms with E-state index in [0.717, 1.165) is 0 Å². The maximum Gasteiger partial charge on any atom is 0.404 e. The molecule has 0 heterocycles. The van der Waals surface area contributed by atoms with Gasteiger partial charge in [0.2, 0.25) is 0 Å². The molecule has 0 saturated heterocycles. The summed E-state index contributed by atoms with van der Waals surface area (Å²) in [7, 11) is -6.44. The molecule has 1 atom stereocenters. The lowest BCUT2D eigenvalue weighted by atomic mass is 10.2. The van der Waals surface area contributed by atoms with Crippen LogP contribution >= 0.6 is 0 Å². The van der Waals surface area contributed by atoms with Crippen molar-refractivity contribution in [3.05, 3.63) is 0 Å². The average molecular weight is 262 g/mol. The Morgan fingerprint density at radius 2 is 1.33 bits per heavy atom. The number of alkyl halides is 6. The van der Waals surface area contributed by atoms with Crippen LogP contribution < -0.4 is 0 Å². The van der Waals surface area contributed by atoms with E-state index in [1.807, 2.05) is 0 Å². The third-order valence-electron chi connectivity index (χ3n) is 1.29. The molecule has 0 aromatic heterocycles. The second-order valence-corrected chi connectivity index (χ2v) is 4.13. The van der Waals surface area contributed by atoms with Gasteiger partial charge < -0.3 is 5.11 Å². The first-order chi connectivity index (χ1) is 6.21.